The summed E-state index contributed by atoms with van der Waals surface area (Å²) in [6, 6.07) is 10.6. The SMILES string of the molecule is Cc1ccc2c3c(oc2c1-c1cccc[n+]1C)C3. The molecular weight excluding hydrogens is 222 g/mol. The molecule has 0 amide bonds. The van der Waals surface area contributed by atoms with Gasteiger partial charge in [0.05, 0.1) is 5.56 Å². The minimum Gasteiger partial charge on any atom is -0.459 e. The number of rotatable bonds is 1. The van der Waals surface area contributed by atoms with E-state index in [1.807, 2.05) is 6.07 Å². The van der Waals surface area contributed by atoms with Crippen molar-refractivity contribution in [1.29, 1.82) is 0 Å². The van der Waals surface area contributed by atoms with Crippen molar-refractivity contribution in [2.75, 3.05) is 0 Å². The molecule has 2 aromatic heterocycles. The predicted octanol–water partition coefficient (Wildman–Crippen LogP) is 3.14. The number of hydrogen-bond donors (Lipinski definition) is 0. The van der Waals surface area contributed by atoms with E-state index in [2.05, 4.69) is 49.0 Å². The van der Waals surface area contributed by atoms with Crippen LogP contribution in [0.4, 0.5) is 0 Å². The number of fused-ring (bicyclic) bond motifs is 3. The summed E-state index contributed by atoms with van der Waals surface area (Å²) >= 11 is 0. The number of aryl methyl sites for hydroxylation is 2. The molecule has 0 unspecified atom stereocenters. The fourth-order valence-electron chi connectivity index (χ4n) is 2.71. The lowest BCUT2D eigenvalue weighted by atomic mass is 10.0. The van der Waals surface area contributed by atoms with Crippen molar-refractivity contribution < 1.29 is 8.98 Å². The molecule has 0 radical (unpaired) electrons. The molecule has 0 spiro atoms. The number of hydrogen-bond acceptors (Lipinski definition) is 1. The molecule has 1 aromatic carbocycles. The molecule has 4 rings (SSSR count). The van der Waals surface area contributed by atoms with Crippen molar-refractivity contribution in [2.45, 2.75) is 13.3 Å². The minimum absolute atomic E-state index is 1.04. The molecule has 2 heteroatoms. The van der Waals surface area contributed by atoms with Gasteiger partial charge in [-0.1, -0.05) is 12.1 Å². The summed E-state index contributed by atoms with van der Waals surface area (Å²) < 4.78 is 8.11. The third kappa shape index (κ3) is 1.20. The second kappa shape index (κ2) is 3.22. The molecule has 0 saturated carbocycles. The van der Waals surface area contributed by atoms with Gasteiger partial charge in [0, 0.05) is 29.5 Å². The summed E-state index contributed by atoms with van der Waals surface area (Å²) in [5.74, 6) is 1.16. The first-order valence-corrected chi connectivity index (χ1v) is 6.24. The van der Waals surface area contributed by atoms with Crippen LogP contribution in [-0.2, 0) is 13.5 Å². The van der Waals surface area contributed by atoms with Gasteiger partial charge < -0.3 is 4.42 Å². The normalized spacial score (nSPS) is 12.8. The van der Waals surface area contributed by atoms with Crippen LogP contribution in [0.1, 0.15) is 16.9 Å². The van der Waals surface area contributed by atoms with E-state index in [4.69, 9.17) is 4.42 Å². The van der Waals surface area contributed by atoms with E-state index in [0.29, 0.717) is 0 Å². The van der Waals surface area contributed by atoms with Crippen LogP contribution >= 0.6 is 0 Å². The summed E-state index contributed by atoms with van der Waals surface area (Å²) in [5.41, 5.74) is 6.13. The molecule has 0 aliphatic heterocycles. The largest absolute Gasteiger partial charge is 0.459 e. The Balaban J connectivity index is 2.11. The van der Waals surface area contributed by atoms with Crippen LogP contribution in [0, 0.1) is 6.92 Å². The molecule has 0 atom stereocenters. The molecule has 2 heterocycles. The molecule has 18 heavy (non-hydrogen) atoms. The van der Waals surface area contributed by atoms with Gasteiger partial charge in [-0.05, 0) is 18.6 Å². The number of aromatic nitrogens is 1. The van der Waals surface area contributed by atoms with Crippen LogP contribution in [0.15, 0.2) is 40.9 Å². The third-order valence-electron chi connectivity index (χ3n) is 3.78. The van der Waals surface area contributed by atoms with Crippen LogP contribution in [0.25, 0.3) is 22.2 Å². The van der Waals surface area contributed by atoms with Gasteiger partial charge in [0.1, 0.15) is 18.4 Å². The lowest BCUT2D eigenvalue weighted by Crippen LogP contribution is -2.30. The molecular formula is C16H14NO+. The molecule has 3 aromatic rings. The Labute approximate surface area is 105 Å². The van der Waals surface area contributed by atoms with Gasteiger partial charge >= 0.3 is 0 Å². The molecule has 88 valence electrons. The molecule has 2 nitrogen and oxygen atoms in total. The Morgan fingerprint density at radius 1 is 1.17 bits per heavy atom. The van der Waals surface area contributed by atoms with E-state index in [9.17, 15) is 0 Å². The van der Waals surface area contributed by atoms with E-state index >= 15 is 0 Å². The highest BCUT2D eigenvalue weighted by Gasteiger charge is 2.29. The summed E-state index contributed by atoms with van der Waals surface area (Å²) in [6.45, 7) is 2.14. The van der Waals surface area contributed by atoms with Crippen molar-refractivity contribution in [3.05, 3.63) is 53.4 Å². The lowest BCUT2D eigenvalue weighted by Gasteiger charge is -2.05. The average molecular weight is 236 g/mol. The van der Waals surface area contributed by atoms with Crippen LogP contribution in [0.5, 0.6) is 0 Å². The van der Waals surface area contributed by atoms with Crippen LogP contribution in [-0.4, -0.2) is 0 Å². The Kier molecular flexibility index (Phi) is 1.77. The standard InChI is InChI=1S/C16H14NO/c1-10-6-7-11-12-9-14(12)18-16(11)15(10)13-5-3-4-8-17(13)2/h3-8H,9H2,1-2H3/q+1. The Morgan fingerprint density at radius 3 is 2.89 bits per heavy atom. The number of pyridine rings is 1. The first-order valence-electron chi connectivity index (χ1n) is 6.24. The number of benzene rings is 1. The maximum atomic E-state index is 5.97. The zero-order chi connectivity index (χ0) is 12.3. The highest BCUT2D eigenvalue weighted by Crippen LogP contribution is 2.43. The van der Waals surface area contributed by atoms with Gasteiger partial charge in [0.2, 0.25) is 5.69 Å². The fraction of sp³-hybridized carbons (Fsp3) is 0.188. The zero-order valence-electron chi connectivity index (χ0n) is 10.5. The van der Waals surface area contributed by atoms with E-state index in [-0.39, 0.29) is 0 Å². The van der Waals surface area contributed by atoms with Gasteiger partial charge in [-0.3, -0.25) is 0 Å². The van der Waals surface area contributed by atoms with Gasteiger partial charge in [0.15, 0.2) is 6.20 Å². The predicted molar refractivity (Wildman–Crippen MR) is 70.4 cm³/mol. The lowest BCUT2D eigenvalue weighted by molar-refractivity contribution is -0.660. The molecule has 1 aliphatic carbocycles. The van der Waals surface area contributed by atoms with E-state index in [1.165, 1.54) is 27.8 Å². The smallest absolute Gasteiger partial charge is 0.216 e. The topological polar surface area (TPSA) is 17.0 Å². The first-order chi connectivity index (χ1) is 8.75. The quantitative estimate of drug-likeness (QED) is 0.464. The molecule has 0 bridgehead atoms. The summed E-state index contributed by atoms with van der Waals surface area (Å²) in [4.78, 5) is 0. The monoisotopic (exact) mass is 236 g/mol. The zero-order valence-corrected chi connectivity index (χ0v) is 10.5. The number of nitrogens with zero attached hydrogens (tertiary/aromatic N) is 1. The van der Waals surface area contributed by atoms with Crippen molar-refractivity contribution in [3.8, 4) is 11.3 Å². The van der Waals surface area contributed by atoms with Gasteiger partial charge in [0.25, 0.3) is 0 Å². The van der Waals surface area contributed by atoms with Gasteiger partial charge in [-0.15, -0.1) is 0 Å². The van der Waals surface area contributed by atoms with Crippen molar-refractivity contribution >= 4 is 11.0 Å². The maximum Gasteiger partial charge on any atom is 0.216 e. The maximum absolute atomic E-state index is 5.97. The first kappa shape index (κ1) is 9.89. The highest BCUT2D eigenvalue weighted by molar-refractivity contribution is 5.97. The molecule has 0 N–H and O–H groups in total. The van der Waals surface area contributed by atoms with E-state index < -0.39 is 0 Å². The summed E-state index contributed by atoms with van der Waals surface area (Å²) in [6.07, 6.45) is 3.11. The average Bonchev–Trinajstić information content (AvgIpc) is 3.03. The Bertz CT molecular complexity index is 783. The third-order valence-corrected chi connectivity index (χ3v) is 3.78. The van der Waals surface area contributed by atoms with Crippen LogP contribution in [0.3, 0.4) is 0 Å². The second-order valence-corrected chi connectivity index (χ2v) is 5.01. The van der Waals surface area contributed by atoms with Crippen molar-refractivity contribution in [2.24, 2.45) is 7.05 Å². The minimum atomic E-state index is 1.04. The molecule has 0 saturated heterocycles. The van der Waals surface area contributed by atoms with E-state index in [0.717, 1.165) is 17.8 Å². The Hall–Kier alpha value is -2.09. The highest BCUT2D eigenvalue weighted by atomic mass is 16.3. The van der Waals surface area contributed by atoms with Crippen molar-refractivity contribution in [3.63, 3.8) is 0 Å². The molecule has 0 fully saturated rings. The fourth-order valence-corrected chi connectivity index (χ4v) is 2.71. The van der Waals surface area contributed by atoms with Gasteiger partial charge in [-0.2, -0.15) is 0 Å². The summed E-state index contributed by atoms with van der Waals surface area (Å²) in [7, 11) is 2.07. The number of furan rings is 1. The van der Waals surface area contributed by atoms with Crippen LogP contribution in [0.2, 0.25) is 0 Å². The second-order valence-electron chi connectivity index (χ2n) is 5.01. The van der Waals surface area contributed by atoms with Crippen LogP contribution < -0.4 is 4.57 Å². The van der Waals surface area contributed by atoms with Crippen molar-refractivity contribution in [1.82, 2.24) is 0 Å². The van der Waals surface area contributed by atoms with E-state index in [1.54, 1.807) is 0 Å². The summed E-state index contributed by atoms with van der Waals surface area (Å²) in [5, 5.41) is 1.29. The van der Waals surface area contributed by atoms with Gasteiger partial charge in [-0.25, -0.2) is 4.57 Å². The Morgan fingerprint density at radius 2 is 2.06 bits per heavy atom. The molecule has 1 aliphatic rings.